The van der Waals surface area contributed by atoms with Gasteiger partial charge in [0.1, 0.15) is 17.5 Å². The van der Waals surface area contributed by atoms with Crippen molar-refractivity contribution in [2.75, 3.05) is 20.8 Å². The standard InChI is InChI=1S/C25H34N2O4/c1-6-23(25(29)26-16-18(2)3)27(17-20-9-13-22(31-5)14-10-20)24(28)15-19-7-11-21(30-4)12-8-19/h7-14,18,23H,6,15-17H2,1-5H3,(H,26,29)/t23-/m1/s1. The highest BCUT2D eigenvalue weighted by atomic mass is 16.5. The first-order valence-corrected chi connectivity index (χ1v) is 10.7. The van der Waals surface area contributed by atoms with Crippen LogP contribution in [0.2, 0.25) is 0 Å². The molecule has 0 bridgehead atoms. The number of methoxy groups -OCH3 is 2. The summed E-state index contributed by atoms with van der Waals surface area (Å²) in [5.41, 5.74) is 1.82. The number of nitrogens with zero attached hydrogens (tertiary/aromatic N) is 1. The van der Waals surface area contributed by atoms with Gasteiger partial charge in [0.2, 0.25) is 11.8 Å². The highest BCUT2D eigenvalue weighted by Crippen LogP contribution is 2.18. The van der Waals surface area contributed by atoms with Crippen LogP contribution >= 0.6 is 0 Å². The summed E-state index contributed by atoms with van der Waals surface area (Å²) in [7, 11) is 3.23. The predicted molar refractivity (Wildman–Crippen MR) is 122 cm³/mol. The van der Waals surface area contributed by atoms with Crippen molar-refractivity contribution in [2.45, 2.75) is 46.2 Å². The van der Waals surface area contributed by atoms with Gasteiger partial charge >= 0.3 is 0 Å². The van der Waals surface area contributed by atoms with Crippen molar-refractivity contribution in [3.05, 3.63) is 59.7 Å². The zero-order chi connectivity index (χ0) is 22.8. The van der Waals surface area contributed by atoms with Gasteiger partial charge in [0.05, 0.1) is 20.6 Å². The quantitative estimate of drug-likeness (QED) is 0.593. The summed E-state index contributed by atoms with van der Waals surface area (Å²) in [6, 6.07) is 14.5. The first-order valence-electron chi connectivity index (χ1n) is 10.7. The Morgan fingerprint density at radius 2 is 1.42 bits per heavy atom. The molecule has 0 aliphatic carbocycles. The van der Waals surface area contributed by atoms with Gasteiger partial charge in [-0.25, -0.2) is 0 Å². The highest BCUT2D eigenvalue weighted by Gasteiger charge is 2.28. The third-order valence-corrected chi connectivity index (χ3v) is 5.10. The summed E-state index contributed by atoms with van der Waals surface area (Å²) in [5.74, 6) is 1.62. The van der Waals surface area contributed by atoms with Gasteiger partial charge in [-0.3, -0.25) is 9.59 Å². The molecule has 6 nitrogen and oxygen atoms in total. The number of carbonyl (C=O) groups is 2. The van der Waals surface area contributed by atoms with Crippen molar-refractivity contribution >= 4 is 11.8 Å². The number of hydrogen-bond acceptors (Lipinski definition) is 4. The second-order valence-corrected chi connectivity index (χ2v) is 7.96. The first kappa shape index (κ1) is 24.3. The van der Waals surface area contributed by atoms with Crippen LogP contribution in [0.4, 0.5) is 0 Å². The fraction of sp³-hybridized carbons (Fsp3) is 0.440. The van der Waals surface area contributed by atoms with Gasteiger partial charge in [-0.1, -0.05) is 45.0 Å². The van der Waals surface area contributed by atoms with Crippen LogP contribution in [0.3, 0.4) is 0 Å². The summed E-state index contributed by atoms with van der Waals surface area (Å²) in [5, 5.41) is 2.98. The number of ether oxygens (including phenoxy) is 2. The Kier molecular flexibility index (Phi) is 9.38. The van der Waals surface area contributed by atoms with Crippen LogP contribution in [-0.2, 0) is 22.6 Å². The molecule has 168 valence electrons. The molecule has 1 atom stereocenters. The lowest BCUT2D eigenvalue weighted by Gasteiger charge is -2.31. The van der Waals surface area contributed by atoms with E-state index >= 15 is 0 Å². The Labute approximate surface area is 185 Å². The van der Waals surface area contributed by atoms with E-state index in [-0.39, 0.29) is 18.2 Å². The normalized spacial score (nSPS) is 11.7. The van der Waals surface area contributed by atoms with Crippen molar-refractivity contribution < 1.29 is 19.1 Å². The van der Waals surface area contributed by atoms with Gasteiger partial charge < -0.3 is 19.7 Å². The number of amides is 2. The molecule has 0 fully saturated rings. The van der Waals surface area contributed by atoms with Crippen molar-refractivity contribution in [1.29, 1.82) is 0 Å². The number of hydrogen-bond donors (Lipinski definition) is 1. The third-order valence-electron chi connectivity index (χ3n) is 5.10. The molecule has 0 aliphatic rings. The van der Waals surface area contributed by atoms with Crippen LogP contribution in [0.5, 0.6) is 11.5 Å². The summed E-state index contributed by atoms with van der Waals surface area (Å²) in [6.07, 6.45) is 0.753. The van der Waals surface area contributed by atoms with Crippen LogP contribution in [0.15, 0.2) is 48.5 Å². The van der Waals surface area contributed by atoms with E-state index in [1.165, 1.54) is 0 Å². The lowest BCUT2D eigenvalue weighted by atomic mass is 10.1. The number of benzene rings is 2. The molecule has 31 heavy (non-hydrogen) atoms. The molecule has 1 N–H and O–H groups in total. The summed E-state index contributed by atoms with van der Waals surface area (Å²) < 4.78 is 10.4. The van der Waals surface area contributed by atoms with E-state index in [4.69, 9.17) is 9.47 Å². The SMILES string of the molecule is CC[C@H](C(=O)NCC(C)C)N(Cc1ccc(OC)cc1)C(=O)Cc1ccc(OC)cc1. The van der Waals surface area contributed by atoms with E-state index in [0.717, 1.165) is 22.6 Å². The van der Waals surface area contributed by atoms with Crippen LogP contribution in [0, 0.1) is 5.92 Å². The summed E-state index contributed by atoms with van der Waals surface area (Å²) in [4.78, 5) is 27.9. The minimum atomic E-state index is -0.536. The summed E-state index contributed by atoms with van der Waals surface area (Å²) >= 11 is 0. The van der Waals surface area contributed by atoms with E-state index in [1.54, 1.807) is 19.1 Å². The smallest absolute Gasteiger partial charge is 0.242 e. The Morgan fingerprint density at radius 1 is 0.903 bits per heavy atom. The van der Waals surface area contributed by atoms with Gasteiger partial charge in [-0.05, 0) is 47.7 Å². The minimum Gasteiger partial charge on any atom is -0.497 e. The maximum atomic E-state index is 13.3. The maximum Gasteiger partial charge on any atom is 0.242 e. The first-order chi connectivity index (χ1) is 14.9. The molecule has 0 saturated heterocycles. The molecular formula is C25H34N2O4. The number of carbonyl (C=O) groups excluding carboxylic acids is 2. The molecular weight excluding hydrogens is 392 g/mol. The zero-order valence-corrected chi connectivity index (χ0v) is 19.2. The average molecular weight is 427 g/mol. The zero-order valence-electron chi connectivity index (χ0n) is 19.2. The number of rotatable bonds is 11. The molecule has 0 spiro atoms. The molecule has 0 aromatic heterocycles. The average Bonchev–Trinajstić information content (AvgIpc) is 2.78. The molecule has 0 unspecified atom stereocenters. The lowest BCUT2D eigenvalue weighted by molar-refractivity contribution is -0.141. The van der Waals surface area contributed by atoms with Gasteiger partial charge in [0.25, 0.3) is 0 Å². The molecule has 2 rings (SSSR count). The molecule has 2 aromatic carbocycles. The van der Waals surface area contributed by atoms with E-state index in [9.17, 15) is 9.59 Å². The highest BCUT2D eigenvalue weighted by molar-refractivity contribution is 5.88. The van der Waals surface area contributed by atoms with E-state index in [0.29, 0.717) is 25.4 Å². The van der Waals surface area contributed by atoms with Crippen molar-refractivity contribution in [3.8, 4) is 11.5 Å². The fourth-order valence-electron chi connectivity index (χ4n) is 3.29. The second-order valence-electron chi connectivity index (χ2n) is 7.96. The Morgan fingerprint density at radius 3 is 1.87 bits per heavy atom. The third kappa shape index (κ3) is 7.31. The monoisotopic (exact) mass is 426 g/mol. The van der Waals surface area contributed by atoms with Crippen molar-refractivity contribution in [3.63, 3.8) is 0 Å². The van der Waals surface area contributed by atoms with Crippen molar-refractivity contribution in [1.82, 2.24) is 10.2 Å². The Bertz CT molecular complexity index is 832. The topological polar surface area (TPSA) is 67.9 Å². The van der Waals surface area contributed by atoms with E-state index in [2.05, 4.69) is 5.32 Å². The van der Waals surface area contributed by atoms with E-state index < -0.39 is 6.04 Å². The van der Waals surface area contributed by atoms with Gasteiger partial charge in [-0.2, -0.15) is 0 Å². The van der Waals surface area contributed by atoms with Crippen molar-refractivity contribution in [2.24, 2.45) is 5.92 Å². The van der Waals surface area contributed by atoms with Crippen LogP contribution < -0.4 is 14.8 Å². The molecule has 6 heteroatoms. The number of nitrogens with one attached hydrogen (secondary N) is 1. The van der Waals surface area contributed by atoms with E-state index in [1.807, 2.05) is 69.3 Å². The summed E-state index contributed by atoms with van der Waals surface area (Å²) in [6.45, 7) is 6.96. The maximum absolute atomic E-state index is 13.3. The predicted octanol–water partition coefficient (Wildman–Crippen LogP) is 3.83. The second kappa shape index (κ2) is 12.0. The van der Waals surface area contributed by atoms with Crippen LogP contribution in [0.1, 0.15) is 38.3 Å². The molecule has 0 aliphatic heterocycles. The van der Waals surface area contributed by atoms with Gasteiger partial charge in [-0.15, -0.1) is 0 Å². The van der Waals surface area contributed by atoms with Crippen LogP contribution in [0.25, 0.3) is 0 Å². The molecule has 2 aromatic rings. The van der Waals surface area contributed by atoms with Gasteiger partial charge in [0, 0.05) is 13.1 Å². The lowest BCUT2D eigenvalue weighted by Crippen LogP contribution is -2.50. The molecule has 0 saturated carbocycles. The van der Waals surface area contributed by atoms with Gasteiger partial charge in [0.15, 0.2) is 0 Å². The Hall–Kier alpha value is -3.02. The minimum absolute atomic E-state index is 0.0902. The van der Waals surface area contributed by atoms with Crippen LogP contribution in [-0.4, -0.2) is 43.5 Å². The fourth-order valence-corrected chi connectivity index (χ4v) is 3.29. The molecule has 0 radical (unpaired) electrons. The molecule has 0 heterocycles. The Balaban J connectivity index is 2.24. The molecule has 2 amide bonds. The largest absolute Gasteiger partial charge is 0.497 e.